The second kappa shape index (κ2) is 4.43. The van der Waals surface area contributed by atoms with Crippen LogP contribution in [0, 0.1) is 5.92 Å². The highest BCUT2D eigenvalue weighted by atomic mass is 79.9. The van der Waals surface area contributed by atoms with Gasteiger partial charge in [0.2, 0.25) is 0 Å². The number of hydrogen-bond acceptors (Lipinski definition) is 2. The maximum absolute atomic E-state index is 3.60. The lowest BCUT2D eigenvalue weighted by molar-refractivity contribution is 0.267. The molecule has 2 nitrogen and oxygen atoms in total. The summed E-state index contributed by atoms with van der Waals surface area (Å²) in [4.78, 5) is 0. The molecule has 3 heteroatoms. The molecule has 0 aromatic heterocycles. The van der Waals surface area contributed by atoms with Crippen molar-refractivity contribution < 1.29 is 0 Å². The van der Waals surface area contributed by atoms with Crippen LogP contribution in [0.5, 0.6) is 0 Å². The Labute approximate surface area is 93.2 Å². The highest BCUT2D eigenvalue weighted by molar-refractivity contribution is 9.10. The van der Waals surface area contributed by atoms with Gasteiger partial charge in [0.1, 0.15) is 0 Å². The van der Waals surface area contributed by atoms with Crippen molar-refractivity contribution in [2.75, 3.05) is 20.1 Å². The summed E-state index contributed by atoms with van der Waals surface area (Å²) in [6.07, 6.45) is 0. The summed E-state index contributed by atoms with van der Waals surface area (Å²) in [5.41, 5.74) is 1.36. The van der Waals surface area contributed by atoms with Gasteiger partial charge in [-0.15, -0.1) is 0 Å². The van der Waals surface area contributed by atoms with E-state index in [-0.39, 0.29) is 0 Å². The molecule has 0 amide bonds. The first-order valence-corrected chi connectivity index (χ1v) is 5.74. The normalized spacial score (nSPS) is 19.0. The van der Waals surface area contributed by atoms with Gasteiger partial charge >= 0.3 is 0 Å². The number of benzene rings is 1. The fourth-order valence-corrected chi connectivity index (χ4v) is 2.45. The standard InChI is InChI=1S/C11H15BrN2/c1-13-11(8-6-14-7-8)9-4-2-3-5-10(9)12/h2-5,8,11,13-14H,6-7H2,1H3. The Balaban J connectivity index is 2.22. The van der Waals surface area contributed by atoms with E-state index in [1.165, 1.54) is 10.0 Å². The summed E-state index contributed by atoms with van der Waals surface area (Å²) in [7, 11) is 2.03. The summed E-state index contributed by atoms with van der Waals surface area (Å²) < 4.78 is 1.20. The Kier molecular flexibility index (Phi) is 3.21. The van der Waals surface area contributed by atoms with Gasteiger partial charge in [-0.1, -0.05) is 34.1 Å². The Bertz CT molecular complexity index is 310. The van der Waals surface area contributed by atoms with Gasteiger partial charge < -0.3 is 10.6 Å². The van der Waals surface area contributed by atoms with Crippen molar-refractivity contribution in [2.45, 2.75) is 6.04 Å². The Morgan fingerprint density at radius 2 is 2.14 bits per heavy atom. The monoisotopic (exact) mass is 254 g/mol. The topological polar surface area (TPSA) is 24.1 Å². The van der Waals surface area contributed by atoms with E-state index in [9.17, 15) is 0 Å². The highest BCUT2D eigenvalue weighted by Gasteiger charge is 2.27. The molecule has 1 aliphatic rings. The molecule has 0 spiro atoms. The molecule has 1 aliphatic heterocycles. The van der Waals surface area contributed by atoms with Crippen LogP contribution in [-0.2, 0) is 0 Å². The number of rotatable bonds is 3. The van der Waals surface area contributed by atoms with Crippen molar-refractivity contribution in [3.8, 4) is 0 Å². The van der Waals surface area contributed by atoms with Gasteiger partial charge in [0, 0.05) is 29.5 Å². The second-order valence-electron chi connectivity index (χ2n) is 3.71. The van der Waals surface area contributed by atoms with Gasteiger partial charge in [0.25, 0.3) is 0 Å². The van der Waals surface area contributed by atoms with Crippen LogP contribution in [0.2, 0.25) is 0 Å². The number of hydrogen-bond donors (Lipinski definition) is 2. The molecule has 1 fully saturated rings. The lowest BCUT2D eigenvalue weighted by Gasteiger charge is -2.35. The van der Waals surface area contributed by atoms with Crippen LogP contribution in [0.15, 0.2) is 28.7 Å². The Morgan fingerprint density at radius 1 is 1.43 bits per heavy atom. The lowest BCUT2D eigenvalue weighted by Crippen LogP contribution is -2.48. The molecule has 1 saturated heterocycles. The fourth-order valence-electron chi connectivity index (χ4n) is 1.92. The zero-order valence-corrected chi connectivity index (χ0v) is 9.84. The summed E-state index contributed by atoms with van der Waals surface area (Å²) in [6.45, 7) is 2.24. The van der Waals surface area contributed by atoms with E-state index in [0.29, 0.717) is 6.04 Å². The van der Waals surface area contributed by atoms with Crippen molar-refractivity contribution in [3.05, 3.63) is 34.3 Å². The van der Waals surface area contributed by atoms with Crippen LogP contribution in [0.1, 0.15) is 11.6 Å². The molecule has 0 bridgehead atoms. The van der Waals surface area contributed by atoms with Gasteiger partial charge in [0.05, 0.1) is 0 Å². The van der Waals surface area contributed by atoms with E-state index in [2.05, 4.69) is 50.8 Å². The molecule has 0 aliphatic carbocycles. The molecule has 1 aromatic carbocycles. The lowest BCUT2D eigenvalue weighted by atomic mass is 9.89. The maximum atomic E-state index is 3.60. The summed E-state index contributed by atoms with van der Waals surface area (Å²) in [5.74, 6) is 0.721. The van der Waals surface area contributed by atoms with E-state index in [4.69, 9.17) is 0 Å². The minimum atomic E-state index is 0.465. The van der Waals surface area contributed by atoms with Gasteiger partial charge in [-0.25, -0.2) is 0 Å². The molecule has 14 heavy (non-hydrogen) atoms. The minimum absolute atomic E-state index is 0.465. The first-order chi connectivity index (χ1) is 6.83. The van der Waals surface area contributed by atoms with E-state index in [0.717, 1.165) is 19.0 Å². The third-order valence-corrected chi connectivity index (χ3v) is 3.56. The van der Waals surface area contributed by atoms with Crippen molar-refractivity contribution >= 4 is 15.9 Å². The molecule has 2 N–H and O–H groups in total. The Morgan fingerprint density at radius 3 is 2.64 bits per heavy atom. The zero-order chi connectivity index (χ0) is 9.97. The molecular formula is C11H15BrN2. The molecule has 2 rings (SSSR count). The van der Waals surface area contributed by atoms with Crippen LogP contribution in [0.3, 0.4) is 0 Å². The number of nitrogens with one attached hydrogen (secondary N) is 2. The molecule has 0 saturated carbocycles. The van der Waals surface area contributed by atoms with Gasteiger partial charge in [-0.3, -0.25) is 0 Å². The van der Waals surface area contributed by atoms with Gasteiger partial charge in [-0.05, 0) is 18.7 Å². The predicted octanol–water partition coefficient (Wildman–Crippen LogP) is 1.93. The maximum Gasteiger partial charge on any atom is 0.0381 e. The van der Waals surface area contributed by atoms with Crippen molar-refractivity contribution in [1.82, 2.24) is 10.6 Å². The van der Waals surface area contributed by atoms with Crippen LogP contribution < -0.4 is 10.6 Å². The fraction of sp³-hybridized carbons (Fsp3) is 0.455. The molecular weight excluding hydrogens is 240 g/mol. The SMILES string of the molecule is CNC(c1ccccc1Br)C1CNC1. The first kappa shape index (κ1) is 10.1. The van der Waals surface area contributed by atoms with Crippen molar-refractivity contribution in [2.24, 2.45) is 5.92 Å². The second-order valence-corrected chi connectivity index (χ2v) is 4.56. The largest absolute Gasteiger partial charge is 0.316 e. The highest BCUT2D eigenvalue weighted by Crippen LogP contribution is 2.29. The van der Waals surface area contributed by atoms with Crippen LogP contribution >= 0.6 is 15.9 Å². The molecule has 1 atom stereocenters. The van der Waals surface area contributed by atoms with E-state index in [1.54, 1.807) is 0 Å². The van der Waals surface area contributed by atoms with Crippen LogP contribution in [0.4, 0.5) is 0 Å². The van der Waals surface area contributed by atoms with Gasteiger partial charge in [-0.2, -0.15) is 0 Å². The average molecular weight is 255 g/mol. The molecule has 1 heterocycles. The van der Waals surface area contributed by atoms with Crippen LogP contribution in [0.25, 0.3) is 0 Å². The molecule has 76 valence electrons. The summed E-state index contributed by atoms with van der Waals surface area (Å²) in [6, 6.07) is 8.90. The van der Waals surface area contributed by atoms with E-state index < -0.39 is 0 Å². The summed E-state index contributed by atoms with van der Waals surface area (Å²) in [5, 5.41) is 6.70. The van der Waals surface area contributed by atoms with E-state index in [1.807, 2.05) is 7.05 Å². The Hall–Kier alpha value is -0.380. The van der Waals surface area contributed by atoms with Crippen LogP contribution in [-0.4, -0.2) is 20.1 Å². The first-order valence-electron chi connectivity index (χ1n) is 4.95. The third kappa shape index (κ3) is 1.85. The summed E-state index contributed by atoms with van der Waals surface area (Å²) >= 11 is 3.60. The van der Waals surface area contributed by atoms with E-state index >= 15 is 0 Å². The molecule has 1 aromatic rings. The minimum Gasteiger partial charge on any atom is -0.316 e. The van der Waals surface area contributed by atoms with Gasteiger partial charge in [0.15, 0.2) is 0 Å². The smallest absolute Gasteiger partial charge is 0.0381 e. The zero-order valence-electron chi connectivity index (χ0n) is 8.26. The number of halogens is 1. The van der Waals surface area contributed by atoms with Crippen molar-refractivity contribution in [3.63, 3.8) is 0 Å². The van der Waals surface area contributed by atoms with Crippen molar-refractivity contribution in [1.29, 1.82) is 0 Å². The molecule has 0 radical (unpaired) electrons. The predicted molar refractivity (Wildman–Crippen MR) is 62.3 cm³/mol. The quantitative estimate of drug-likeness (QED) is 0.862. The third-order valence-electron chi connectivity index (χ3n) is 2.84. The average Bonchev–Trinajstić information content (AvgIpc) is 2.12. The molecule has 1 unspecified atom stereocenters.